The van der Waals surface area contributed by atoms with Crippen LogP contribution in [0.15, 0.2) is 76.1 Å². The van der Waals surface area contributed by atoms with E-state index >= 15 is 0 Å². The number of aromatic nitrogens is 5. The van der Waals surface area contributed by atoms with Crippen LogP contribution in [-0.2, 0) is 6.54 Å². The standard InChI is InChI=1S/C29H29N7O3/c1-19-15-20(2)25-22(16-19)17-23(28(37)30-25)26(27-31-32-33-36(27)18-21-7-4-3-5-8-21)34-10-12-35(13-11-34)29(38)24-9-6-14-39-24/h3-9,14-17,26H,10-13,18H2,1-2H3,(H,30,37)/t26-/m0/s1. The van der Waals surface area contributed by atoms with E-state index in [4.69, 9.17) is 4.42 Å². The highest BCUT2D eigenvalue weighted by Gasteiger charge is 2.34. The molecule has 3 aromatic heterocycles. The summed E-state index contributed by atoms with van der Waals surface area (Å²) in [6.45, 7) is 6.57. The highest BCUT2D eigenvalue weighted by atomic mass is 16.3. The predicted molar refractivity (Wildman–Crippen MR) is 145 cm³/mol. The number of piperazine rings is 1. The van der Waals surface area contributed by atoms with Crippen LogP contribution in [0.4, 0.5) is 0 Å². The molecule has 1 aliphatic heterocycles. The van der Waals surface area contributed by atoms with Crippen LogP contribution in [0.1, 0.15) is 44.7 Å². The number of rotatable bonds is 6. The second kappa shape index (κ2) is 10.3. The van der Waals surface area contributed by atoms with E-state index in [2.05, 4.69) is 37.5 Å². The quantitative estimate of drug-likeness (QED) is 0.363. The van der Waals surface area contributed by atoms with Crippen molar-refractivity contribution in [2.45, 2.75) is 26.4 Å². The fourth-order valence-electron chi connectivity index (χ4n) is 5.42. The van der Waals surface area contributed by atoms with Crippen LogP contribution in [0.2, 0.25) is 0 Å². The van der Waals surface area contributed by atoms with Gasteiger partial charge in [-0.15, -0.1) is 5.10 Å². The lowest BCUT2D eigenvalue weighted by molar-refractivity contribution is 0.0558. The molecule has 10 heteroatoms. The van der Waals surface area contributed by atoms with Crippen molar-refractivity contribution >= 4 is 16.8 Å². The van der Waals surface area contributed by atoms with Crippen molar-refractivity contribution in [3.05, 3.63) is 111 Å². The topological polar surface area (TPSA) is 113 Å². The summed E-state index contributed by atoms with van der Waals surface area (Å²) in [5.74, 6) is 0.766. The van der Waals surface area contributed by atoms with Gasteiger partial charge in [0.25, 0.3) is 11.5 Å². The summed E-state index contributed by atoms with van der Waals surface area (Å²) in [6.07, 6.45) is 1.50. The molecule has 6 rings (SSSR count). The Morgan fingerprint density at radius 3 is 2.56 bits per heavy atom. The largest absolute Gasteiger partial charge is 0.459 e. The van der Waals surface area contributed by atoms with Crippen molar-refractivity contribution < 1.29 is 9.21 Å². The Bertz CT molecular complexity index is 1670. The minimum atomic E-state index is -0.501. The van der Waals surface area contributed by atoms with E-state index in [1.807, 2.05) is 50.2 Å². The number of fused-ring (bicyclic) bond motifs is 1. The molecular weight excluding hydrogens is 494 g/mol. The number of H-pyrrole nitrogens is 1. The fraction of sp³-hybridized carbons (Fsp3) is 0.276. The Hall–Kier alpha value is -4.57. The van der Waals surface area contributed by atoms with Crippen molar-refractivity contribution in [3.63, 3.8) is 0 Å². The number of nitrogens with one attached hydrogen (secondary N) is 1. The number of carbonyl (C=O) groups excluding carboxylic acids is 1. The number of aromatic amines is 1. The molecule has 0 radical (unpaired) electrons. The third-order valence-electron chi connectivity index (χ3n) is 7.29. The zero-order valence-corrected chi connectivity index (χ0v) is 21.9. The molecule has 1 N–H and O–H groups in total. The van der Waals surface area contributed by atoms with E-state index in [9.17, 15) is 9.59 Å². The van der Waals surface area contributed by atoms with Crippen molar-refractivity contribution in [3.8, 4) is 0 Å². The zero-order valence-electron chi connectivity index (χ0n) is 21.9. The number of carbonyl (C=O) groups is 1. The first kappa shape index (κ1) is 24.7. The Morgan fingerprint density at radius 1 is 1.03 bits per heavy atom. The summed E-state index contributed by atoms with van der Waals surface area (Å²) in [6, 6.07) is 18.9. The molecule has 5 aromatic rings. The molecule has 0 aliphatic carbocycles. The molecule has 0 unspecified atom stereocenters. The number of hydrogen-bond acceptors (Lipinski definition) is 7. The van der Waals surface area contributed by atoms with Crippen LogP contribution in [-0.4, -0.2) is 67.1 Å². The van der Waals surface area contributed by atoms with Gasteiger partial charge in [-0.2, -0.15) is 0 Å². The molecule has 1 aliphatic rings. The van der Waals surface area contributed by atoms with Gasteiger partial charge in [-0.3, -0.25) is 14.5 Å². The van der Waals surface area contributed by atoms with Gasteiger partial charge in [-0.1, -0.05) is 42.0 Å². The number of pyridine rings is 1. The van der Waals surface area contributed by atoms with E-state index in [0.29, 0.717) is 49.9 Å². The van der Waals surface area contributed by atoms with E-state index < -0.39 is 6.04 Å². The Kier molecular flexibility index (Phi) is 6.54. The van der Waals surface area contributed by atoms with Gasteiger partial charge in [0.15, 0.2) is 11.6 Å². The molecule has 39 heavy (non-hydrogen) atoms. The molecule has 2 aromatic carbocycles. The normalized spacial score (nSPS) is 15.1. The van der Waals surface area contributed by atoms with Crippen molar-refractivity contribution in [2.75, 3.05) is 26.2 Å². The Morgan fingerprint density at radius 2 is 1.82 bits per heavy atom. The maximum atomic E-state index is 13.6. The lowest BCUT2D eigenvalue weighted by atomic mass is 10.00. The zero-order chi connectivity index (χ0) is 26.9. The third kappa shape index (κ3) is 4.86. The Balaban J connectivity index is 1.39. The number of amides is 1. The molecule has 1 amide bonds. The number of aryl methyl sites for hydroxylation is 2. The van der Waals surface area contributed by atoms with Crippen molar-refractivity contribution in [2.24, 2.45) is 0 Å². The predicted octanol–water partition coefficient (Wildman–Crippen LogP) is 3.32. The van der Waals surface area contributed by atoms with Gasteiger partial charge in [0.1, 0.15) is 6.04 Å². The van der Waals surface area contributed by atoms with Crippen LogP contribution in [0.5, 0.6) is 0 Å². The van der Waals surface area contributed by atoms with E-state index in [1.165, 1.54) is 6.26 Å². The fourth-order valence-corrected chi connectivity index (χ4v) is 5.42. The molecule has 0 saturated carbocycles. The lowest BCUT2D eigenvalue weighted by Gasteiger charge is -2.38. The third-order valence-corrected chi connectivity index (χ3v) is 7.29. The summed E-state index contributed by atoms with van der Waals surface area (Å²) in [5.41, 5.74) is 4.41. The second-order valence-corrected chi connectivity index (χ2v) is 9.99. The van der Waals surface area contributed by atoms with Gasteiger partial charge >= 0.3 is 0 Å². The van der Waals surface area contributed by atoms with Crippen LogP contribution in [0.3, 0.4) is 0 Å². The first-order valence-corrected chi connectivity index (χ1v) is 13.0. The summed E-state index contributed by atoms with van der Waals surface area (Å²) in [5, 5.41) is 13.7. The molecule has 1 fully saturated rings. The minimum Gasteiger partial charge on any atom is -0.459 e. The first-order valence-electron chi connectivity index (χ1n) is 13.0. The SMILES string of the molecule is Cc1cc(C)c2[nH]c(=O)c([C@@H](c3nnnn3Cc3ccccc3)N3CCN(C(=O)c4ccco4)CC3)cc2c1. The Labute approximate surface area is 224 Å². The summed E-state index contributed by atoms with van der Waals surface area (Å²) in [7, 11) is 0. The summed E-state index contributed by atoms with van der Waals surface area (Å²) >= 11 is 0. The van der Waals surface area contributed by atoms with Crippen molar-refractivity contribution in [1.82, 2.24) is 35.0 Å². The van der Waals surface area contributed by atoms with Crippen LogP contribution in [0.25, 0.3) is 10.9 Å². The van der Waals surface area contributed by atoms with E-state index in [-0.39, 0.29) is 11.5 Å². The van der Waals surface area contributed by atoms with Crippen LogP contribution >= 0.6 is 0 Å². The van der Waals surface area contributed by atoms with Crippen molar-refractivity contribution in [1.29, 1.82) is 0 Å². The summed E-state index contributed by atoms with van der Waals surface area (Å²) in [4.78, 5) is 33.6. The molecule has 1 atom stereocenters. The summed E-state index contributed by atoms with van der Waals surface area (Å²) < 4.78 is 7.07. The highest BCUT2D eigenvalue weighted by molar-refractivity contribution is 5.91. The highest BCUT2D eigenvalue weighted by Crippen LogP contribution is 2.29. The van der Waals surface area contributed by atoms with Gasteiger partial charge in [-0.05, 0) is 65.1 Å². The maximum absolute atomic E-state index is 13.6. The van der Waals surface area contributed by atoms with Gasteiger partial charge in [0, 0.05) is 31.7 Å². The number of hydrogen-bond donors (Lipinski definition) is 1. The minimum absolute atomic E-state index is 0.139. The van der Waals surface area contributed by atoms with Gasteiger partial charge < -0.3 is 14.3 Å². The molecule has 0 spiro atoms. The molecule has 0 bridgehead atoms. The van der Waals surface area contributed by atoms with E-state index in [1.54, 1.807) is 21.7 Å². The van der Waals surface area contributed by atoms with Gasteiger partial charge in [0.2, 0.25) is 0 Å². The average molecular weight is 524 g/mol. The number of tetrazole rings is 1. The number of benzene rings is 2. The second-order valence-electron chi connectivity index (χ2n) is 9.99. The van der Waals surface area contributed by atoms with Crippen LogP contribution in [0, 0.1) is 13.8 Å². The average Bonchev–Trinajstić information content (AvgIpc) is 3.63. The molecule has 198 valence electrons. The van der Waals surface area contributed by atoms with E-state index in [0.717, 1.165) is 27.6 Å². The molecule has 10 nitrogen and oxygen atoms in total. The lowest BCUT2D eigenvalue weighted by Crippen LogP contribution is -2.50. The number of nitrogens with zero attached hydrogens (tertiary/aromatic N) is 6. The molecular formula is C29H29N7O3. The number of furan rings is 1. The first-order chi connectivity index (χ1) is 19.0. The monoisotopic (exact) mass is 523 g/mol. The molecule has 4 heterocycles. The van der Waals surface area contributed by atoms with Crippen LogP contribution < -0.4 is 5.56 Å². The van der Waals surface area contributed by atoms with Gasteiger partial charge in [-0.25, -0.2) is 4.68 Å². The maximum Gasteiger partial charge on any atom is 0.289 e. The van der Waals surface area contributed by atoms with Gasteiger partial charge in [0.05, 0.1) is 18.3 Å². The smallest absolute Gasteiger partial charge is 0.289 e. The molecule has 1 saturated heterocycles.